The zero-order valence-corrected chi connectivity index (χ0v) is 11.4. The van der Waals surface area contributed by atoms with Crippen LogP contribution < -0.4 is 0 Å². The van der Waals surface area contributed by atoms with Crippen molar-refractivity contribution in [2.75, 3.05) is 7.11 Å². The fourth-order valence-corrected chi connectivity index (χ4v) is 2.43. The van der Waals surface area contributed by atoms with Crippen molar-refractivity contribution in [3.63, 3.8) is 0 Å². The highest BCUT2D eigenvalue weighted by atomic mass is 16.5. The van der Waals surface area contributed by atoms with Crippen molar-refractivity contribution in [1.82, 2.24) is 0 Å². The van der Waals surface area contributed by atoms with Gasteiger partial charge in [-0.1, -0.05) is 30.3 Å². The number of carbonyl (C=O) groups excluding carboxylic acids is 1. The number of carbonyl (C=O) groups is 1. The number of hydrogen-bond donors (Lipinski definition) is 1. The second kappa shape index (κ2) is 6.02. The first-order valence-corrected chi connectivity index (χ1v) is 6.68. The molecule has 0 aliphatic heterocycles. The molecule has 0 amide bonds. The minimum atomic E-state index is -0.284. The summed E-state index contributed by atoms with van der Waals surface area (Å²) >= 11 is 0. The Morgan fingerprint density at radius 1 is 1.42 bits per heavy atom. The van der Waals surface area contributed by atoms with Crippen molar-refractivity contribution in [2.45, 2.75) is 38.2 Å². The molecule has 1 saturated carbocycles. The molecule has 3 nitrogen and oxygen atoms in total. The minimum absolute atomic E-state index is 0.225. The normalized spacial score (nSPS) is 22.5. The monoisotopic (exact) mass is 260 g/mol. The van der Waals surface area contributed by atoms with Crippen molar-refractivity contribution in [2.24, 2.45) is 0 Å². The summed E-state index contributed by atoms with van der Waals surface area (Å²) in [5.41, 5.74) is 3.12. The number of aliphatic hydroxyl groups excluding tert-OH is 1. The van der Waals surface area contributed by atoms with E-state index in [1.165, 1.54) is 7.11 Å². The van der Waals surface area contributed by atoms with Gasteiger partial charge < -0.3 is 9.84 Å². The summed E-state index contributed by atoms with van der Waals surface area (Å²) in [5.74, 6) is -0.471. The highest BCUT2D eigenvalue weighted by Crippen LogP contribution is 2.27. The standard InChI is InChI=1S/C16H20O3/c1-11(16(18)19-2)13-8-6-12(7-9-13)10-14-4-3-5-15(14)17/h6-11,15,17H,3-5H2,1-2H3. The van der Waals surface area contributed by atoms with Crippen LogP contribution in [0.1, 0.15) is 43.2 Å². The molecule has 0 spiro atoms. The number of rotatable bonds is 3. The van der Waals surface area contributed by atoms with E-state index in [-0.39, 0.29) is 18.0 Å². The van der Waals surface area contributed by atoms with E-state index in [4.69, 9.17) is 4.74 Å². The molecule has 0 aromatic heterocycles. The number of benzene rings is 1. The van der Waals surface area contributed by atoms with Crippen molar-refractivity contribution in [3.05, 3.63) is 41.0 Å². The van der Waals surface area contributed by atoms with E-state index in [1.807, 2.05) is 37.3 Å². The van der Waals surface area contributed by atoms with Gasteiger partial charge in [0.2, 0.25) is 0 Å². The fraction of sp³-hybridized carbons (Fsp3) is 0.438. The minimum Gasteiger partial charge on any atom is -0.469 e. The molecular weight excluding hydrogens is 240 g/mol. The van der Waals surface area contributed by atoms with E-state index < -0.39 is 0 Å². The van der Waals surface area contributed by atoms with Gasteiger partial charge in [-0.25, -0.2) is 0 Å². The molecule has 1 aliphatic carbocycles. The molecule has 1 aromatic rings. The van der Waals surface area contributed by atoms with E-state index >= 15 is 0 Å². The number of aliphatic hydroxyl groups is 1. The van der Waals surface area contributed by atoms with Gasteiger partial charge in [-0.15, -0.1) is 0 Å². The van der Waals surface area contributed by atoms with Crippen molar-refractivity contribution >= 4 is 12.0 Å². The highest BCUT2D eigenvalue weighted by molar-refractivity contribution is 5.77. The van der Waals surface area contributed by atoms with E-state index in [0.717, 1.165) is 36.0 Å². The Labute approximate surface area is 113 Å². The maximum atomic E-state index is 11.5. The average molecular weight is 260 g/mol. The Bertz CT molecular complexity index is 473. The van der Waals surface area contributed by atoms with Crippen molar-refractivity contribution < 1.29 is 14.6 Å². The Hall–Kier alpha value is -1.61. The third-order valence-corrected chi connectivity index (χ3v) is 3.71. The van der Waals surface area contributed by atoms with Crippen LogP contribution in [-0.4, -0.2) is 24.3 Å². The number of methoxy groups -OCH3 is 1. The molecule has 19 heavy (non-hydrogen) atoms. The molecule has 0 heterocycles. The van der Waals surface area contributed by atoms with Gasteiger partial charge in [-0.3, -0.25) is 4.79 Å². The van der Waals surface area contributed by atoms with E-state index in [2.05, 4.69) is 0 Å². The molecular formula is C16H20O3. The lowest BCUT2D eigenvalue weighted by Gasteiger charge is -2.10. The van der Waals surface area contributed by atoms with Crippen LogP contribution >= 0.6 is 0 Å². The smallest absolute Gasteiger partial charge is 0.312 e. The summed E-state index contributed by atoms with van der Waals surface area (Å²) in [6.45, 7) is 1.83. The van der Waals surface area contributed by atoms with Gasteiger partial charge in [0.25, 0.3) is 0 Å². The summed E-state index contributed by atoms with van der Waals surface area (Å²) in [6, 6.07) is 7.84. The molecule has 1 fully saturated rings. The fourth-order valence-electron chi connectivity index (χ4n) is 2.43. The van der Waals surface area contributed by atoms with Gasteiger partial charge in [0.05, 0.1) is 19.1 Å². The molecule has 2 atom stereocenters. The van der Waals surface area contributed by atoms with Gasteiger partial charge in [-0.05, 0) is 42.9 Å². The van der Waals surface area contributed by atoms with Gasteiger partial charge in [0.1, 0.15) is 0 Å². The second-order valence-electron chi connectivity index (χ2n) is 5.04. The molecule has 1 aliphatic rings. The molecule has 3 heteroatoms. The predicted molar refractivity (Wildman–Crippen MR) is 74.7 cm³/mol. The van der Waals surface area contributed by atoms with Crippen LogP contribution in [0.3, 0.4) is 0 Å². The first-order chi connectivity index (χ1) is 9.11. The average Bonchev–Trinajstić information content (AvgIpc) is 2.83. The molecule has 0 bridgehead atoms. The number of esters is 1. The Balaban J connectivity index is 2.12. The Kier molecular flexibility index (Phi) is 4.38. The highest BCUT2D eigenvalue weighted by Gasteiger charge is 2.18. The maximum Gasteiger partial charge on any atom is 0.312 e. The Morgan fingerprint density at radius 3 is 2.63 bits per heavy atom. The van der Waals surface area contributed by atoms with E-state index in [0.29, 0.717) is 0 Å². The van der Waals surface area contributed by atoms with E-state index in [9.17, 15) is 9.90 Å². The number of ether oxygens (including phenoxy) is 1. The van der Waals surface area contributed by atoms with Gasteiger partial charge >= 0.3 is 5.97 Å². The topological polar surface area (TPSA) is 46.5 Å². The largest absolute Gasteiger partial charge is 0.469 e. The molecule has 102 valence electrons. The van der Waals surface area contributed by atoms with Crippen LogP contribution in [0.4, 0.5) is 0 Å². The van der Waals surface area contributed by atoms with Gasteiger partial charge in [-0.2, -0.15) is 0 Å². The SMILES string of the molecule is COC(=O)C(C)c1ccc(C=C2CCCC2O)cc1. The maximum absolute atomic E-state index is 11.5. The second-order valence-corrected chi connectivity index (χ2v) is 5.04. The molecule has 1 N–H and O–H groups in total. The third-order valence-electron chi connectivity index (χ3n) is 3.71. The van der Waals surface area contributed by atoms with Crippen LogP contribution in [0.5, 0.6) is 0 Å². The lowest BCUT2D eigenvalue weighted by molar-refractivity contribution is -0.141. The zero-order valence-electron chi connectivity index (χ0n) is 11.4. The Morgan fingerprint density at radius 2 is 2.11 bits per heavy atom. The van der Waals surface area contributed by atoms with Crippen molar-refractivity contribution in [3.8, 4) is 0 Å². The first-order valence-electron chi connectivity index (χ1n) is 6.68. The summed E-state index contributed by atoms with van der Waals surface area (Å²) in [7, 11) is 1.40. The summed E-state index contributed by atoms with van der Waals surface area (Å²) in [6.07, 6.45) is 4.66. The molecule has 0 saturated heterocycles. The van der Waals surface area contributed by atoms with E-state index in [1.54, 1.807) is 0 Å². The first kappa shape index (κ1) is 13.8. The van der Waals surface area contributed by atoms with Crippen LogP contribution in [0.2, 0.25) is 0 Å². The molecule has 0 radical (unpaired) electrons. The summed E-state index contributed by atoms with van der Waals surface area (Å²) < 4.78 is 4.73. The lowest BCUT2D eigenvalue weighted by Crippen LogP contribution is -2.10. The van der Waals surface area contributed by atoms with Gasteiger partial charge in [0.15, 0.2) is 0 Å². The van der Waals surface area contributed by atoms with Crippen LogP contribution in [-0.2, 0) is 9.53 Å². The molecule has 1 aromatic carbocycles. The third kappa shape index (κ3) is 3.24. The number of hydrogen-bond acceptors (Lipinski definition) is 3. The van der Waals surface area contributed by atoms with Crippen molar-refractivity contribution in [1.29, 1.82) is 0 Å². The predicted octanol–water partition coefficient (Wildman–Crippen LogP) is 2.89. The summed E-state index contributed by atoms with van der Waals surface area (Å²) in [5, 5.41) is 9.77. The quantitative estimate of drug-likeness (QED) is 0.850. The molecule has 2 rings (SSSR count). The molecule has 2 unspecified atom stereocenters. The van der Waals surface area contributed by atoms with Crippen LogP contribution in [0, 0.1) is 0 Å². The van der Waals surface area contributed by atoms with Crippen LogP contribution in [0.15, 0.2) is 29.8 Å². The van der Waals surface area contributed by atoms with Gasteiger partial charge in [0, 0.05) is 0 Å². The zero-order chi connectivity index (χ0) is 13.8. The van der Waals surface area contributed by atoms with Crippen LogP contribution in [0.25, 0.3) is 6.08 Å². The lowest BCUT2D eigenvalue weighted by atomic mass is 9.99. The summed E-state index contributed by atoms with van der Waals surface area (Å²) in [4.78, 5) is 11.5.